The van der Waals surface area contributed by atoms with E-state index in [-0.39, 0.29) is 0 Å². The van der Waals surface area contributed by atoms with E-state index in [1.807, 2.05) is 12.1 Å². The van der Waals surface area contributed by atoms with Crippen molar-refractivity contribution in [3.05, 3.63) is 52.1 Å². The largest absolute Gasteiger partial charge is 0.339 e. The van der Waals surface area contributed by atoms with E-state index >= 15 is 0 Å². The number of aromatic nitrogens is 1. The van der Waals surface area contributed by atoms with Crippen LogP contribution in [0.15, 0.2) is 36.5 Å². The summed E-state index contributed by atoms with van der Waals surface area (Å²) in [4.78, 5) is 4.17. The number of nitrogens with one attached hydrogen (secondary N) is 1. The first-order valence-corrected chi connectivity index (χ1v) is 7.21. The summed E-state index contributed by atoms with van der Waals surface area (Å²) in [5.74, 6) is 1.27. The SMILES string of the molecule is ClCCCc1cccc(Nc2ncc(Cl)cc2Cl)c1. The van der Waals surface area contributed by atoms with Gasteiger partial charge in [-0.1, -0.05) is 35.3 Å². The van der Waals surface area contributed by atoms with Crippen molar-refractivity contribution in [3.63, 3.8) is 0 Å². The summed E-state index contributed by atoms with van der Waals surface area (Å²) >= 11 is 17.6. The minimum Gasteiger partial charge on any atom is -0.339 e. The highest BCUT2D eigenvalue weighted by molar-refractivity contribution is 6.36. The average molecular weight is 316 g/mol. The van der Waals surface area contributed by atoms with Gasteiger partial charge in [-0.25, -0.2) is 4.98 Å². The van der Waals surface area contributed by atoms with E-state index in [1.54, 1.807) is 12.3 Å². The third-order valence-electron chi connectivity index (χ3n) is 2.60. The van der Waals surface area contributed by atoms with Crippen molar-refractivity contribution in [2.75, 3.05) is 11.2 Å². The second kappa shape index (κ2) is 6.99. The van der Waals surface area contributed by atoms with E-state index < -0.39 is 0 Å². The van der Waals surface area contributed by atoms with Crippen LogP contribution in [0.25, 0.3) is 0 Å². The van der Waals surface area contributed by atoms with Crippen LogP contribution >= 0.6 is 34.8 Å². The zero-order valence-corrected chi connectivity index (χ0v) is 12.4. The molecule has 0 radical (unpaired) electrons. The molecule has 100 valence electrons. The summed E-state index contributed by atoms with van der Waals surface area (Å²) in [7, 11) is 0. The Morgan fingerprint density at radius 3 is 2.74 bits per heavy atom. The van der Waals surface area contributed by atoms with E-state index in [0.717, 1.165) is 18.5 Å². The Balaban J connectivity index is 2.14. The number of pyridine rings is 1. The van der Waals surface area contributed by atoms with Crippen LogP contribution in [0.3, 0.4) is 0 Å². The summed E-state index contributed by atoms with van der Waals surface area (Å²) in [6.07, 6.45) is 3.48. The zero-order valence-electron chi connectivity index (χ0n) is 10.2. The van der Waals surface area contributed by atoms with Gasteiger partial charge in [0.2, 0.25) is 0 Å². The molecule has 0 unspecified atom stereocenters. The first-order valence-electron chi connectivity index (χ1n) is 5.92. The lowest BCUT2D eigenvalue weighted by atomic mass is 10.1. The first kappa shape index (κ1) is 14.4. The van der Waals surface area contributed by atoms with Crippen LogP contribution in [0.4, 0.5) is 11.5 Å². The highest BCUT2D eigenvalue weighted by Gasteiger charge is 2.04. The molecule has 0 aliphatic carbocycles. The van der Waals surface area contributed by atoms with Gasteiger partial charge in [0.1, 0.15) is 5.82 Å². The monoisotopic (exact) mass is 314 g/mol. The summed E-state index contributed by atoms with van der Waals surface area (Å²) in [5.41, 5.74) is 2.18. The predicted molar refractivity (Wildman–Crippen MR) is 83.0 cm³/mol. The van der Waals surface area contributed by atoms with Gasteiger partial charge in [-0.15, -0.1) is 11.6 Å². The van der Waals surface area contributed by atoms with Crippen LogP contribution in [0.1, 0.15) is 12.0 Å². The van der Waals surface area contributed by atoms with Crippen LogP contribution in [-0.2, 0) is 6.42 Å². The fraction of sp³-hybridized carbons (Fsp3) is 0.214. The summed E-state index contributed by atoms with van der Waals surface area (Å²) in [6.45, 7) is 0. The molecule has 0 saturated carbocycles. The molecule has 1 N–H and O–H groups in total. The predicted octanol–water partition coefficient (Wildman–Crippen LogP) is 5.30. The van der Waals surface area contributed by atoms with Crippen molar-refractivity contribution in [2.24, 2.45) is 0 Å². The Kier molecular flexibility index (Phi) is 5.32. The van der Waals surface area contributed by atoms with Crippen LogP contribution in [0, 0.1) is 0 Å². The number of rotatable bonds is 5. The molecule has 2 rings (SSSR count). The Morgan fingerprint density at radius 2 is 2.00 bits per heavy atom. The average Bonchev–Trinajstić information content (AvgIpc) is 2.40. The maximum absolute atomic E-state index is 6.08. The highest BCUT2D eigenvalue weighted by Crippen LogP contribution is 2.26. The normalized spacial score (nSPS) is 10.5. The second-order valence-electron chi connectivity index (χ2n) is 4.10. The number of benzene rings is 1. The number of nitrogens with zero attached hydrogens (tertiary/aromatic N) is 1. The van der Waals surface area contributed by atoms with Gasteiger partial charge in [0.05, 0.1) is 10.0 Å². The molecule has 2 aromatic rings. The molecule has 0 amide bonds. The number of anilines is 2. The zero-order chi connectivity index (χ0) is 13.7. The first-order chi connectivity index (χ1) is 9.19. The molecule has 0 bridgehead atoms. The van der Waals surface area contributed by atoms with Crippen LogP contribution in [0.5, 0.6) is 0 Å². The molecule has 0 aliphatic heterocycles. The van der Waals surface area contributed by atoms with Crippen molar-refractivity contribution in [3.8, 4) is 0 Å². The van der Waals surface area contributed by atoms with Crippen LogP contribution in [-0.4, -0.2) is 10.9 Å². The van der Waals surface area contributed by atoms with Gasteiger partial charge >= 0.3 is 0 Å². The molecule has 19 heavy (non-hydrogen) atoms. The van der Waals surface area contributed by atoms with Crippen LogP contribution < -0.4 is 5.32 Å². The molecular formula is C14H13Cl3N2. The molecule has 1 heterocycles. The Labute approximate surface area is 127 Å². The van der Waals surface area contributed by atoms with Gasteiger partial charge in [0.15, 0.2) is 0 Å². The minimum absolute atomic E-state index is 0.499. The summed E-state index contributed by atoms with van der Waals surface area (Å²) in [6, 6.07) is 9.77. The van der Waals surface area contributed by atoms with Crippen molar-refractivity contribution in [2.45, 2.75) is 12.8 Å². The van der Waals surface area contributed by atoms with E-state index in [2.05, 4.69) is 22.4 Å². The van der Waals surface area contributed by atoms with Crippen molar-refractivity contribution >= 4 is 46.3 Å². The van der Waals surface area contributed by atoms with Crippen molar-refractivity contribution in [1.29, 1.82) is 0 Å². The maximum atomic E-state index is 6.08. The van der Waals surface area contributed by atoms with Crippen molar-refractivity contribution < 1.29 is 0 Å². The number of halogens is 3. The van der Waals surface area contributed by atoms with E-state index in [9.17, 15) is 0 Å². The Bertz CT molecular complexity index is 558. The van der Waals surface area contributed by atoms with Crippen LogP contribution in [0.2, 0.25) is 10.0 Å². The highest BCUT2D eigenvalue weighted by atomic mass is 35.5. The third kappa shape index (κ3) is 4.27. The molecular weight excluding hydrogens is 303 g/mol. The Morgan fingerprint density at radius 1 is 1.16 bits per heavy atom. The fourth-order valence-corrected chi connectivity index (χ4v) is 2.28. The van der Waals surface area contributed by atoms with Gasteiger partial charge in [0.25, 0.3) is 0 Å². The van der Waals surface area contributed by atoms with Gasteiger partial charge < -0.3 is 5.32 Å². The molecule has 1 aromatic heterocycles. The topological polar surface area (TPSA) is 24.9 Å². The van der Waals surface area contributed by atoms with Gasteiger partial charge in [-0.05, 0) is 36.6 Å². The third-order valence-corrected chi connectivity index (χ3v) is 3.36. The standard InChI is InChI=1S/C14H13Cl3N2/c15-6-2-4-10-3-1-5-12(7-10)19-14-13(17)8-11(16)9-18-14/h1,3,5,7-9H,2,4,6H2,(H,18,19). The smallest absolute Gasteiger partial charge is 0.149 e. The minimum atomic E-state index is 0.499. The molecule has 5 heteroatoms. The molecule has 1 aromatic carbocycles. The number of hydrogen-bond donors (Lipinski definition) is 1. The van der Waals surface area contributed by atoms with E-state index in [4.69, 9.17) is 34.8 Å². The van der Waals surface area contributed by atoms with E-state index in [0.29, 0.717) is 21.7 Å². The number of aryl methyl sites for hydroxylation is 1. The molecule has 0 spiro atoms. The molecule has 0 saturated heterocycles. The van der Waals surface area contributed by atoms with Gasteiger partial charge in [-0.3, -0.25) is 0 Å². The van der Waals surface area contributed by atoms with Gasteiger partial charge in [-0.2, -0.15) is 0 Å². The maximum Gasteiger partial charge on any atom is 0.149 e. The molecule has 0 aliphatic rings. The van der Waals surface area contributed by atoms with Gasteiger partial charge in [0, 0.05) is 17.8 Å². The van der Waals surface area contributed by atoms with Crippen molar-refractivity contribution in [1.82, 2.24) is 4.98 Å². The summed E-state index contributed by atoms with van der Waals surface area (Å²) < 4.78 is 0. The molecule has 2 nitrogen and oxygen atoms in total. The lowest BCUT2D eigenvalue weighted by Gasteiger charge is -2.09. The molecule has 0 fully saturated rings. The fourth-order valence-electron chi connectivity index (χ4n) is 1.72. The van der Waals surface area contributed by atoms with E-state index in [1.165, 1.54) is 5.56 Å². The molecule has 0 atom stereocenters. The second-order valence-corrected chi connectivity index (χ2v) is 5.32. The number of hydrogen-bond acceptors (Lipinski definition) is 2. The summed E-state index contributed by atoms with van der Waals surface area (Å²) in [5, 5.41) is 4.20. The lowest BCUT2D eigenvalue weighted by Crippen LogP contribution is -1.95. The quantitative estimate of drug-likeness (QED) is 0.757. The number of alkyl halides is 1. The Hall–Kier alpha value is -0.960. The lowest BCUT2D eigenvalue weighted by molar-refractivity contribution is 0.929.